The SMILES string of the molecule is Cc1cc(F)ccc1NC(=O)c1ccc(C(=O)c2ccccc2)cc1. The summed E-state index contributed by atoms with van der Waals surface area (Å²) in [6.07, 6.45) is 0. The molecule has 0 aliphatic heterocycles. The first-order valence-electron chi connectivity index (χ1n) is 7.82. The molecule has 0 bridgehead atoms. The second-order valence-electron chi connectivity index (χ2n) is 5.69. The maximum Gasteiger partial charge on any atom is 0.255 e. The summed E-state index contributed by atoms with van der Waals surface area (Å²) >= 11 is 0. The number of halogens is 1. The fraction of sp³-hybridized carbons (Fsp3) is 0.0476. The van der Waals surface area contributed by atoms with Gasteiger partial charge >= 0.3 is 0 Å². The van der Waals surface area contributed by atoms with Gasteiger partial charge in [-0.15, -0.1) is 0 Å². The summed E-state index contributed by atoms with van der Waals surface area (Å²) < 4.78 is 13.1. The zero-order valence-electron chi connectivity index (χ0n) is 13.6. The average molecular weight is 333 g/mol. The molecule has 0 heterocycles. The Morgan fingerprint density at radius 2 is 1.40 bits per heavy atom. The maximum atomic E-state index is 13.1. The summed E-state index contributed by atoms with van der Waals surface area (Å²) in [4.78, 5) is 24.7. The van der Waals surface area contributed by atoms with Gasteiger partial charge in [0.15, 0.2) is 5.78 Å². The van der Waals surface area contributed by atoms with Gasteiger partial charge in [0, 0.05) is 22.4 Å². The first-order valence-corrected chi connectivity index (χ1v) is 7.82. The first-order chi connectivity index (χ1) is 12.0. The number of hydrogen-bond acceptors (Lipinski definition) is 2. The molecule has 0 spiro atoms. The van der Waals surface area contributed by atoms with Crippen molar-refractivity contribution in [2.24, 2.45) is 0 Å². The van der Waals surface area contributed by atoms with Gasteiger partial charge in [-0.2, -0.15) is 0 Å². The predicted octanol–water partition coefficient (Wildman–Crippen LogP) is 4.62. The maximum absolute atomic E-state index is 13.1. The monoisotopic (exact) mass is 333 g/mol. The largest absolute Gasteiger partial charge is 0.322 e. The molecule has 0 fully saturated rings. The Labute approximate surface area is 145 Å². The highest BCUT2D eigenvalue weighted by Crippen LogP contribution is 2.17. The van der Waals surface area contributed by atoms with Crippen LogP contribution in [0.4, 0.5) is 10.1 Å². The molecule has 0 radical (unpaired) electrons. The van der Waals surface area contributed by atoms with Crippen molar-refractivity contribution in [1.82, 2.24) is 0 Å². The van der Waals surface area contributed by atoms with Gasteiger partial charge in [0.05, 0.1) is 0 Å². The van der Waals surface area contributed by atoms with E-state index in [4.69, 9.17) is 0 Å². The molecule has 124 valence electrons. The van der Waals surface area contributed by atoms with Gasteiger partial charge < -0.3 is 5.32 Å². The molecule has 4 heteroatoms. The Balaban J connectivity index is 1.75. The molecule has 3 nitrogen and oxygen atoms in total. The van der Waals surface area contributed by atoms with E-state index in [1.54, 1.807) is 55.5 Å². The molecule has 0 aromatic heterocycles. The highest BCUT2D eigenvalue weighted by Gasteiger charge is 2.11. The number of carbonyl (C=O) groups excluding carboxylic acids is 2. The minimum absolute atomic E-state index is 0.0954. The fourth-order valence-electron chi connectivity index (χ4n) is 2.49. The molecule has 0 unspecified atom stereocenters. The standard InChI is InChI=1S/C21H16FNO2/c1-14-13-18(22)11-12-19(14)23-21(25)17-9-7-16(8-10-17)20(24)15-5-3-2-4-6-15/h2-13H,1H3,(H,23,25). The third-order valence-corrected chi connectivity index (χ3v) is 3.88. The topological polar surface area (TPSA) is 46.2 Å². The van der Waals surface area contributed by atoms with Crippen LogP contribution in [0.1, 0.15) is 31.8 Å². The quantitative estimate of drug-likeness (QED) is 0.708. The second kappa shape index (κ2) is 7.09. The van der Waals surface area contributed by atoms with Gasteiger partial charge in [-0.3, -0.25) is 9.59 Å². The molecule has 1 amide bonds. The van der Waals surface area contributed by atoms with Gasteiger partial charge in [-0.05, 0) is 42.8 Å². The van der Waals surface area contributed by atoms with Crippen molar-refractivity contribution < 1.29 is 14.0 Å². The van der Waals surface area contributed by atoms with Gasteiger partial charge in [-0.25, -0.2) is 4.39 Å². The molecular formula is C21H16FNO2. The number of anilines is 1. The van der Waals surface area contributed by atoms with E-state index in [9.17, 15) is 14.0 Å². The highest BCUT2D eigenvalue weighted by atomic mass is 19.1. The minimum atomic E-state index is -0.348. The van der Waals surface area contributed by atoms with Gasteiger partial charge in [0.25, 0.3) is 5.91 Å². The number of rotatable bonds is 4. The zero-order chi connectivity index (χ0) is 17.8. The van der Waals surface area contributed by atoms with E-state index in [2.05, 4.69) is 5.32 Å². The van der Waals surface area contributed by atoms with Crippen LogP contribution < -0.4 is 5.32 Å². The molecule has 3 rings (SSSR count). The van der Waals surface area contributed by atoms with Crippen molar-refractivity contribution in [2.45, 2.75) is 6.92 Å². The molecule has 0 saturated carbocycles. The first kappa shape index (κ1) is 16.6. The Kier molecular flexibility index (Phi) is 4.70. The molecule has 25 heavy (non-hydrogen) atoms. The summed E-state index contributed by atoms with van der Waals surface area (Å²) in [5.41, 5.74) is 2.73. The van der Waals surface area contributed by atoms with E-state index in [0.29, 0.717) is 27.9 Å². The van der Waals surface area contributed by atoms with Crippen molar-refractivity contribution in [3.8, 4) is 0 Å². The van der Waals surface area contributed by atoms with Crippen molar-refractivity contribution in [3.05, 3.63) is 101 Å². The van der Waals surface area contributed by atoms with Crippen LogP contribution in [0, 0.1) is 12.7 Å². The second-order valence-corrected chi connectivity index (χ2v) is 5.69. The van der Waals surface area contributed by atoms with Crippen LogP contribution in [0.3, 0.4) is 0 Å². The number of aryl methyl sites for hydroxylation is 1. The highest BCUT2D eigenvalue weighted by molar-refractivity contribution is 6.10. The van der Waals surface area contributed by atoms with Crippen molar-refractivity contribution in [2.75, 3.05) is 5.32 Å². The number of hydrogen-bond donors (Lipinski definition) is 1. The average Bonchev–Trinajstić information content (AvgIpc) is 2.64. The summed E-state index contributed by atoms with van der Waals surface area (Å²) in [6, 6.07) is 19.6. The van der Waals surface area contributed by atoms with Gasteiger partial charge in [0.2, 0.25) is 0 Å². The lowest BCUT2D eigenvalue weighted by Crippen LogP contribution is -2.13. The van der Waals surface area contributed by atoms with E-state index in [1.165, 1.54) is 18.2 Å². The molecule has 0 saturated heterocycles. The third kappa shape index (κ3) is 3.80. The number of carbonyl (C=O) groups is 2. The fourth-order valence-corrected chi connectivity index (χ4v) is 2.49. The summed E-state index contributed by atoms with van der Waals surface area (Å²) in [7, 11) is 0. The van der Waals surface area contributed by atoms with E-state index in [0.717, 1.165) is 0 Å². The molecule has 1 N–H and O–H groups in total. The Bertz CT molecular complexity index is 918. The lowest BCUT2D eigenvalue weighted by Gasteiger charge is -2.09. The van der Waals surface area contributed by atoms with Crippen molar-refractivity contribution >= 4 is 17.4 Å². The number of benzene rings is 3. The van der Waals surface area contributed by atoms with E-state index >= 15 is 0 Å². The lowest BCUT2D eigenvalue weighted by molar-refractivity contribution is 0.102. The normalized spacial score (nSPS) is 10.3. The zero-order valence-corrected chi connectivity index (χ0v) is 13.6. The van der Waals surface area contributed by atoms with Crippen LogP contribution in [0.25, 0.3) is 0 Å². The van der Waals surface area contributed by atoms with E-state index < -0.39 is 0 Å². The molecule has 3 aromatic rings. The van der Waals surface area contributed by atoms with Crippen LogP contribution in [0.2, 0.25) is 0 Å². The van der Waals surface area contributed by atoms with Crippen molar-refractivity contribution in [1.29, 1.82) is 0 Å². The Morgan fingerprint density at radius 3 is 2.04 bits per heavy atom. The van der Waals surface area contributed by atoms with Gasteiger partial charge in [0.1, 0.15) is 5.82 Å². The number of amides is 1. The number of ketones is 1. The molecular weight excluding hydrogens is 317 g/mol. The number of nitrogens with one attached hydrogen (secondary N) is 1. The van der Waals surface area contributed by atoms with Crippen LogP contribution in [-0.2, 0) is 0 Å². The Morgan fingerprint density at radius 1 is 0.800 bits per heavy atom. The predicted molar refractivity (Wildman–Crippen MR) is 95.4 cm³/mol. The summed E-state index contributed by atoms with van der Waals surface area (Å²) in [5, 5.41) is 2.74. The summed E-state index contributed by atoms with van der Waals surface area (Å²) in [5.74, 6) is -0.755. The minimum Gasteiger partial charge on any atom is -0.322 e. The van der Waals surface area contributed by atoms with Crippen LogP contribution in [-0.4, -0.2) is 11.7 Å². The van der Waals surface area contributed by atoms with E-state index in [1.807, 2.05) is 6.07 Å². The van der Waals surface area contributed by atoms with Crippen LogP contribution >= 0.6 is 0 Å². The molecule has 0 atom stereocenters. The van der Waals surface area contributed by atoms with Crippen LogP contribution in [0.15, 0.2) is 72.8 Å². The van der Waals surface area contributed by atoms with Crippen molar-refractivity contribution in [3.63, 3.8) is 0 Å². The van der Waals surface area contributed by atoms with Crippen LogP contribution in [0.5, 0.6) is 0 Å². The Hall–Kier alpha value is -3.27. The smallest absolute Gasteiger partial charge is 0.255 e. The third-order valence-electron chi connectivity index (χ3n) is 3.88. The lowest BCUT2D eigenvalue weighted by atomic mass is 10.0. The molecule has 3 aromatic carbocycles. The molecule has 0 aliphatic rings. The summed E-state index contributed by atoms with van der Waals surface area (Å²) in [6.45, 7) is 1.72. The molecule has 0 aliphatic carbocycles. The van der Waals surface area contributed by atoms with E-state index in [-0.39, 0.29) is 17.5 Å². The van der Waals surface area contributed by atoms with Gasteiger partial charge in [-0.1, -0.05) is 42.5 Å².